The predicted octanol–water partition coefficient (Wildman–Crippen LogP) is 3.54. The van der Waals surface area contributed by atoms with Crippen LogP contribution in [0, 0.1) is 6.92 Å². The van der Waals surface area contributed by atoms with Crippen molar-refractivity contribution in [1.82, 2.24) is 20.4 Å². The zero-order chi connectivity index (χ0) is 22.9. The summed E-state index contributed by atoms with van der Waals surface area (Å²) in [5.41, 5.74) is 2.38. The fourth-order valence-electron chi connectivity index (χ4n) is 4.66. The lowest BCUT2D eigenvalue weighted by atomic mass is 10.1. The molecule has 1 atom stereocenters. The Morgan fingerprint density at radius 1 is 1.18 bits per heavy atom. The van der Waals surface area contributed by atoms with Gasteiger partial charge >= 0.3 is 0 Å². The van der Waals surface area contributed by atoms with Crippen LogP contribution < -0.4 is 15.4 Å². The van der Waals surface area contributed by atoms with Gasteiger partial charge in [-0.3, -0.25) is 14.7 Å². The molecule has 186 valence electrons. The Hall–Kier alpha value is -1.55. The summed E-state index contributed by atoms with van der Waals surface area (Å²) in [6, 6.07) is 6.47. The number of likely N-dealkylation sites (N-methyl/N-ethyl adjacent to an activating group) is 1. The number of likely N-dealkylation sites (tertiary alicyclic amines) is 1. The van der Waals surface area contributed by atoms with Crippen molar-refractivity contribution in [2.24, 2.45) is 4.99 Å². The molecule has 0 bridgehead atoms. The number of carbonyl (C=O) groups excluding carboxylic acids is 1. The number of carbonyl (C=O) groups is 1. The zero-order valence-corrected chi connectivity index (χ0v) is 23.1. The number of nitrogens with zero attached hydrogens (tertiary/aromatic N) is 3. The average molecular weight is 572 g/mol. The lowest BCUT2D eigenvalue weighted by molar-refractivity contribution is -0.133. The van der Waals surface area contributed by atoms with Crippen molar-refractivity contribution in [2.75, 3.05) is 40.8 Å². The second kappa shape index (κ2) is 14.0. The monoisotopic (exact) mass is 571 g/mol. The number of rotatable bonds is 9. The number of benzene rings is 1. The largest absolute Gasteiger partial charge is 0.490 e. The van der Waals surface area contributed by atoms with Gasteiger partial charge in [-0.2, -0.15) is 0 Å². The van der Waals surface area contributed by atoms with Crippen molar-refractivity contribution in [3.63, 3.8) is 0 Å². The van der Waals surface area contributed by atoms with Gasteiger partial charge in [-0.25, -0.2) is 0 Å². The molecular weight excluding hydrogens is 529 g/mol. The second-order valence-corrected chi connectivity index (χ2v) is 9.27. The van der Waals surface area contributed by atoms with Crippen LogP contribution in [0.5, 0.6) is 5.75 Å². The zero-order valence-electron chi connectivity index (χ0n) is 20.7. The molecule has 2 N–H and O–H groups in total. The number of ether oxygens (including phenoxy) is 1. The Morgan fingerprint density at radius 3 is 2.64 bits per heavy atom. The molecule has 33 heavy (non-hydrogen) atoms. The van der Waals surface area contributed by atoms with E-state index in [9.17, 15) is 4.79 Å². The summed E-state index contributed by atoms with van der Waals surface area (Å²) in [4.78, 5) is 20.7. The van der Waals surface area contributed by atoms with E-state index < -0.39 is 0 Å². The maximum atomic E-state index is 12.3. The molecule has 8 heteroatoms. The Labute approximate surface area is 216 Å². The van der Waals surface area contributed by atoms with E-state index in [0.717, 1.165) is 69.0 Å². The van der Waals surface area contributed by atoms with E-state index in [2.05, 4.69) is 45.6 Å². The number of aryl methyl sites for hydroxylation is 1. The number of guanidine groups is 1. The highest BCUT2D eigenvalue weighted by molar-refractivity contribution is 14.0. The van der Waals surface area contributed by atoms with Gasteiger partial charge in [-0.15, -0.1) is 24.0 Å². The van der Waals surface area contributed by atoms with Crippen LogP contribution in [-0.2, 0) is 11.3 Å². The summed E-state index contributed by atoms with van der Waals surface area (Å²) in [7, 11) is 5.48. The summed E-state index contributed by atoms with van der Waals surface area (Å²) in [5, 5.41) is 6.84. The molecule has 1 saturated heterocycles. The first-order valence-corrected chi connectivity index (χ1v) is 12.1. The minimum absolute atomic E-state index is 0. The number of hydrogen-bond acceptors (Lipinski definition) is 4. The predicted molar refractivity (Wildman–Crippen MR) is 146 cm³/mol. The summed E-state index contributed by atoms with van der Waals surface area (Å²) in [6.45, 7) is 5.53. The van der Waals surface area contributed by atoms with E-state index >= 15 is 0 Å². The third kappa shape index (κ3) is 8.31. The van der Waals surface area contributed by atoms with Gasteiger partial charge in [-0.05, 0) is 70.0 Å². The highest BCUT2D eigenvalue weighted by Crippen LogP contribution is 2.27. The fraction of sp³-hybridized carbons (Fsp3) is 0.680. The van der Waals surface area contributed by atoms with Crippen molar-refractivity contribution in [3.8, 4) is 5.75 Å². The molecule has 1 aliphatic carbocycles. The molecule has 1 heterocycles. The maximum Gasteiger partial charge on any atom is 0.239 e. The van der Waals surface area contributed by atoms with Crippen LogP contribution in [0.4, 0.5) is 0 Å². The van der Waals surface area contributed by atoms with Crippen molar-refractivity contribution in [3.05, 3.63) is 29.3 Å². The number of halogens is 1. The molecule has 0 radical (unpaired) electrons. The number of amides is 1. The highest BCUT2D eigenvalue weighted by Gasteiger charge is 2.31. The normalized spacial score (nSPS) is 19.3. The molecule has 1 unspecified atom stereocenters. The van der Waals surface area contributed by atoms with Gasteiger partial charge in [0.05, 0.1) is 12.1 Å². The van der Waals surface area contributed by atoms with Crippen LogP contribution in [0.1, 0.15) is 56.1 Å². The minimum Gasteiger partial charge on any atom is -0.490 e. The first kappa shape index (κ1) is 27.7. The quantitative estimate of drug-likeness (QED) is 0.206. The Bertz CT molecular complexity index is 780. The van der Waals surface area contributed by atoms with Gasteiger partial charge in [0, 0.05) is 46.3 Å². The van der Waals surface area contributed by atoms with Gasteiger partial charge in [-0.1, -0.05) is 12.1 Å². The summed E-state index contributed by atoms with van der Waals surface area (Å²) >= 11 is 0. The van der Waals surface area contributed by atoms with Crippen LogP contribution in [0.25, 0.3) is 0 Å². The molecule has 1 aromatic carbocycles. The second-order valence-electron chi connectivity index (χ2n) is 9.27. The summed E-state index contributed by atoms with van der Waals surface area (Å²) < 4.78 is 6.32. The van der Waals surface area contributed by atoms with Crippen LogP contribution in [-0.4, -0.2) is 74.6 Å². The lowest BCUT2D eigenvalue weighted by Crippen LogP contribution is -2.44. The molecule has 7 nitrogen and oxygen atoms in total. The molecule has 0 spiro atoms. The molecule has 3 rings (SSSR count). The molecule has 0 aromatic heterocycles. The number of nitrogens with one attached hydrogen (secondary N) is 2. The first-order chi connectivity index (χ1) is 15.5. The van der Waals surface area contributed by atoms with E-state index in [1.807, 2.05) is 14.1 Å². The summed E-state index contributed by atoms with van der Waals surface area (Å²) in [6.07, 6.45) is 8.23. The number of hydrogen-bond donors (Lipinski definition) is 2. The van der Waals surface area contributed by atoms with Gasteiger partial charge in [0.1, 0.15) is 5.75 Å². The van der Waals surface area contributed by atoms with Crippen LogP contribution >= 0.6 is 24.0 Å². The van der Waals surface area contributed by atoms with Crippen molar-refractivity contribution in [1.29, 1.82) is 0 Å². The van der Waals surface area contributed by atoms with Crippen LogP contribution in [0.2, 0.25) is 0 Å². The van der Waals surface area contributed by atoms with Crippen LogP contribution in [0.3, 0.4) is 0 Å². The van der Waals surface area contributed by atoms with Crippen molar-refractivity contribution < 1.29 is 9.53 Å². The fourth-order valence-corrected chi connectivity index (χ4v) is 4.66. The molecule has 1 aromatic rings. The van der Waals surface area contributed by atoms with E-state index in [1.165, 1.54) is 18.4 Å². The van der Waals surface area contributed by atoms with Crippen molar-refractivity contribution >= 4 is 35.8 Å². The third-order valence-electron chi connectivity index (χ3n) is 6.49. The topological polar surface area (TPSA) is 69.2 Å². The van der Waals surface area contributed by atoms with Gasteiger partial charge in [0.25, 0.3) is 0 Å². The Morgan fingerprint density at radius 2 is 1.94 bits per heavy atom. The van der Waals surface area contributed by atoms with E-state index in [1.54, 1.807) is 11.9 Å². The average Bonchev–Trinajstić information content (AvgIpc) is 3.45. The molecule has 1 aliphatic heterocycles. The lowest BCUT2D eigenvalue weighted by Gasteiger charge is -2.26. The smallest absolute Gasteiger partial charge is 0.239 e. The van der Waals surface area contributed by atoms with Gasteiger partial charge in [0.2, 0.25) is 5.91 Å². The minimum atomic E-state index is 0. The third-order valence-corrected chi connectivity index (χ3v) is 6.49. The van der Waals surface area contributed by atoms with E-state index in [4.69, 9.17) is 4.74 Å². The standard InChI is InChI=1S/C25H41N5O2.HI/c1-19-12-13-20(23(17-19)32-21-9-5-6-10-21)18-28-25(26-2)27-14-8-16-30-15-7-11-22(30)24(31)29(3)4;/h12-13,17,21-22H,5-11,14-16,18H2,1-4H3,(H2,26,27,28);1H. The Kier molecular flexibility index (Phi) is 11.7. The van der Waals surface area contributed by atoms with E-state index in [0.29, 0.717) is 12.6 Å². The molecule has 2 aliphatic rings. The first-order valence-electron chi connectivity index (χ1n) is 12.1. The van der Waals surface area contributed by atoms with E-state index in [-0.39, 0.29) is 35.9 Å². The van der Waals surface area contributed by atoms with Crippen LogP contribution in [0.15, 0.2) is 23.2 Å². The summed E-state index contributed by atoms with van der Waals surface area (Å²) in [5.74, 6) is 2.01. The SMILES string of the molecule is CN=C(NCCCN1CCCC1C(=O)N(C)C)NCc1ccc(C)cc1OC1CCCC1.I. The molecule has 1 saturated carbocycles. The van der Waals surface area contributed by atoms with Gasteiger partial charge < -0.3 is 20.3 Å². The highest BCUT2D eigenvalue weighted by atomic mass is 127. The van der Waals surface area contributed by atoms with Crippen molar-refractivity contribution in [2.45, 2.75) is 70.6 Å². The Balaban J connectivity index is 0.00000385. The van der Waals surface area contributed by atoms with Gasteiger partial charge in [0.15, 0.2) is 5.96 Å². The number of aliphatic imine (C=N–C) groups is 1. The molecule has 1 amide bonds. The molecular formula is C25H42IN5O2. The molecule has 2 fully saturated rings. The maximum absolute atomic E-state index is 12.3.